The third-order valence-electron chi connectivity index (χ3n) is 3.30. The van der Waals surface area contributed by atoms with Crippen LogP contribution in [-0.2, 0) is 15.7 Å². The first-order valence-corrected chi connectivity index (χ1v) is 6.14. The quantitative estimate of drug-likeness (QED) is 0.822. The number of carbonyl (C=O) groups excluding carboxylic acids is 1. The molecular formula is C13H15F3N2O2. The zero-order valence-electron chi connectivity index (χ0n) is 10.9. The molecule has 20 heavy (non-hydrogen) atoms. The standard InChI is InChI=1S/C13H15F3N2O2/c1-12(5-2-6-20-12)11(19)18-10-4-3-8(17)7-9(10)13(14,15)16/h3-4,7H,2,5-6,17H2,1H3,(H,18,19). The van der Waals surface area contributed by atoms with Crippen molar-refractivity contribution >= 4 is 17.3 Å². The number of anilines is 2. The Hall–Kier alpha value is -1.76. The fourth-order valence-electron chi connectivity index (χ4n) is 2.12. The normalized spacial score (nSPS) is 22.8. The van der Waals surface area contributed by atoms with Gasteiger partial charge in [0.05, 0.1) is 11.3 Å². The van der Waals surface area contributed by atoms with Crippen LogP contribution in [0.1, 0.15) is 25.3 Å². The van der Waals surface area contributed by atoms with Gasteiger partial charge in [0.1, 0.15) is 5.60 Å². The van der Waals surface area contributed by atoms with Gasteiger partial charge in [-0.15, -0.1) is 0 Å². The number of nitrogens with two attached hydrogens (primary N) is 1. The summed E-state index contributed by atoms with van der Waals surface area (Å²) in [5, 5.41) is 2.29. The van der Waals surface area contributed by atoms with Gasteiger partial charge in [-0.1, -0.05) is 0 Å². The van der Waals surface area contributed by atoms with Gasteiger partial charge in [0.15, 0.2) is 0 Å². The van der Waals surface area contributed by atoms with Crippen LogP contribution in [0.2, 0.25) is 0 Å². The molecule has 1 saturated heterocycles. The van der Waals surface area contributed by atoms with Crippen molar-refractivity contribution < 1.29 is 22.7 Å². The van der Waals surface area contributed by atoms with E-state index in [-0.39, 0.29) is 11.4 Å². The van der Waals surface area contributed by atoms with E-state index in [0.29, 0.717) is 19.4 Å². The molecule has 7 heteroatoms. The van der Waals surface area contributed by atoms with Crippen molar-refractivity contribution in [3.05, 3.63) is 23.8 Å². The third kappa shape index (κ3) is 2.87. The highest BCUT2D eigenvalue weighted by Crippen LogP contribution is 2.37. The summed E-state index contributed by atoms with van der Waals surface area (Å²) in [7, 11) is 0. The van der Waals surface area contributed by atoms with Crippen molar-refractivity contribution in [2.75, 3.05) is 17.7 Å². The third-order valence-corrected chi connectivity index (χ3v) is 3.30. The number of ether oxygens (including phenoxy) is 1. The summed E-state index contributed by atoms with van der Waals surface area (Å²) in [6.45, 7) is 2.00. The van der Waals surface area contributed by atoms with Gasteiger partial charge in [0.2, 0.25) is 0 Å². The molecule has 1 aromatic carbocycles. The van der Waals surface area contributed by atoms with Crippen molar-refractivity contribution in [2.24, 2.45) is 0 Å². The van der Waals surface area contributed by atoms with Crippen molar-refractivity contribution in [2.45, 2.75) is 31.5 Å². The molecule has 0 saturated carbocycles. The summed E-state index contributed by atoms with van der Waals surface area (Å²) in [6, 6.07) is 3.25. The van der Waals surface area contributed by atoms with Crippen molar-refractivity contribution in [3.8, 4) is 0 Å². The van der Waals surface area contributed by atoms with Gasteiger partial charge in [-0.3, -0.25) is 4.79 Å². The highest BCUT2D eigenvalue weighted by atomic mass is 19.4. The number of nitrogen functional groups attached to an aromatic ring is 1. The van der Waals surface area contributed by atoms with E-state index in [0.717, 1.165) is 12.1 Å². The molecule has 0 bridgehead atoms. The van der Waals surface area contributed by atoms with Gasteiger partial charge in [0.25, 0.3) is 5.91 Å². The van der Waals surface area contributed by atoms with Crippen LogP contribution in [0.4, 0.5) is 24.5 Å². The molecule has 0 aliphatic carbocycles. The Morgan fingerprint density at radius 2 is 2.15 bits per heavy atom. The average Bonchev–Trinajstić information content (AvgIpc) is 2.78. The maximum atomic E-state index is 12.9. The van der Waals surface area contributed by atoms with E-state index in [9.17, 15) is 18.0 Å². The van der Waals surface area contributed by atoms with E-state index in [2.05, 4.69) is 5.32 Å². The molecule has 1 aromatic rings. The van der Waals surface area contributed by atoms with Gasteiger partial charge < -0.3 is 15.8 Å². The number of nitrogens with one attached hydrogen (secondary N) is 1. The predicted octanol–water partition coefficient (Wildman–Crippen LogP) is 2.80. The molecular weight excluding hydrogens is 273 g/mol. The second kappa shape index (κ2) is 4.97. The molecule has 110 valence electrons. The summed E-state index contributed by atoms with van der Waals surface area (Å²) in [6.07, 6.45) is -3.40. The first kappa shape index (κ1) is 14.6. The number of hydrogen-bond acceptors (Lipinski definition) is 3. The smallest absolute Gasteiger partial charge is 0.399 e. The minimum absolute atomic E-state index is 0.0151. The molecule has 2 rings (SSSR count). The van der Waals surface area contributed by atoms with Crippen molar-refractivity contribution in [1.29, 1.82) is 0 Å². The number of halogens is 3. The second-order valence-corrected chi connectivity index (χ2v) is 4.94. The summed E-state index contributed by atoms with van der Waals surface area (Å²) >= 11 is 0. The van der Waals surface area contributed by atoms with Crippen LogP contribution in [0.25, 0.3) is 0 Å². The molecule has 0 radical (unpaired) electrons. The fourth-order valence-corrected chi connectivity index (χ4v) is 2.12. The van der Waals surface area contributed by atoms with Gasteiger partial charge in [0, 0.05) is 12.3 Å². The van der Waals surface area contributed by atoms with E-state index >= 15 is 0 Å². The first-order chi connectivity index (χ1) is 9.22. The maximum Gasteiger partial charge on any atom is 0.418 e. The molecule has 1 unspecified atom stereocenters. The molecule has 3 N–H and O–H groups in total. The Kier molecular flexibility index (Phi) is 3.64. The van der Waals surface area contributed by atoms with Gasteiger partial charge >= 0.3 is 6.18 Å². The Morgan fingerprint density at radius 3 is 2.70 bits per heavy atom. The summed E-state index contributed by atoms with van der Waals surface area (Å²) < 4.78 is 44.0. The number of benzene rings is 1. The first-order valence-electron chi connectivity index (χ1n) is 6.14. The van der Waals surface area contributed by atoms with Crippen LogP contribution in [0, 0.1) is 0 Å². The van der Waals surface area contributed by atoms with Crippen LogP contribution in [-0.4, -0.2) is 18.1 Å². The lowest BCUT2D eigenvalue weighted by molar-refractivity contribution is -0.137. The molecule has 4 nitrogen and oxygen atoms in total. The van der Waals surface area contributed by atoms with E-state index in [1.54, 1.807) is 6.92 Å². The van der Waals surface area contributed by atoms with Crippen LogP contribution in [0.15, 0.2) is 18.2 Å². The zero-order chi connectivity index (χ0) is 15.0. The number of amides is 1. The molecule has 1 atom stereocenters. The number of carbonyl (C=O) groups is 1. The van der Waals surface area contributed by atoms with Gasteiger partial charge in [-0.25, -0.2) is 0 Å². The summed E-state index contributed by atoms with van der Waals surface area (Å²) in [5.74, 6) is -0.578. The summed E-state index contributed by atoms with van der Waals surface area (Å²) in [4.78, 5) is 12.1. The monoisotopic (exact) mass is 288 g/mol. The lowest BCUT2D eigenvalue weighted by Crippen LogP contribution is -2.39. The van der Waals surface area contributed by atoms with Crippen LogP contribution in [0.3, 0.4) is 0 Å². The predicted molar refractivity (Wildman–Crippen MR) is 68.1 cm³/mol. The van der Waals surface area contributed by atoms with Crippen LogP contribution >= 0.6 is 0 Å². The van der Waals surface area contributed by atoms with E-state index in [1.807, 2.05) is 0 Å². The van der Waals surface area contributed by atoms with E-state index in [4.69, 9.17) is 10.5 Å². The zero-order valence-corrected chi connectivity index (χ0v) is 10.9. The molecule has 1 fully saturated rings. The Balaban J connectivity index is 2.27. The Labute approximate surface area is 114 Å². The number of alkyl halides is 3. The van der Waals surface area contributed by atoms with Crippen molar-refractivity contribution in [1.82, 2.24) is 0 Å². The number of rotatable bonds is 2. The number of hydrogen-bond donors (Lipinski definition) is 2. The van der Waals surface area contributed by atoms with E-state index in [1.165, 1.54) is 6.07 Å². The minimum atomic E-state index is -4.59. The SMILES string of the molecule is CC1(C(=O)Nc2ccc(N)cc2C(F)(F)F)CCCO1. The lowest BCUT2D eigenvalue weighted by Gasteiger charge is -2.23. The average molecular weight is 288 g/mol. The van der Waals surface area contributed by atoms with Crippen molar-refractivity contribution in [3.63, 3.8) is 0 Å². The lowest BCUT2D eigenvalue weighted by atomic mass is 10.0. The minimum Gasteiger partial charge on any atom is -0.399 e. The Morgan fingerprint density at radius 1 is 1.45 bits per heavy atom. The molecule has 1 aliphatic heterocycles. The molecule has 1 aliphatic rings. The maximum absolute atomic E-state index is 12.9. The van der Waals surface area contributed by atoms with E-state index < -0.39 is 23.2 Å². The molecule has 0 aromatic heterocycles. The Bertz CT molecular complexity index is 523. The highest BCUT2D eigenvalue weighted by Gasteiger charge is 2.40. The van der Waals surface area contributed by atoms with Gasteiger partial charge in [-0.2, -0.15) is 13.2 Å². The molecule has 0 spiro atoms. The highest BCUT2D eigenvalue weighted by molar-refractivity contribution is 5.98. The fraction of sp³-hybridized carbons (Fsp3) is 0.462. The largest absolute Gasteiger partial charge is 0.418 e. The van der Waals surface area contributed by atoms with Crippen LogP contribution < -0.4 is 11.1 Å². The van der Waals surface area contributed by atoms with Gasteiger partial charge in [-0.05, 0) is 38.0 Å². The van der Waals surface area contributed by atoms with Crippen LogP contribution in [0.5, 0.6) is 0 Å². The molecule has 1 heterocycles. The summed E-state index contributed by atoms with van der Waals surface area (Å²) in [5.41, 5.74) is 2.99. The second-order valence-electron chi connectivity index (χ2n) is 4.94. The topological polar surface area (TPSA) is 64.4 Å². The molecule has 1 amide bonds.